The van der Waals surface area contributed by atoms with Crippen LogP contribution in [0.25, 0.3) is 0 Å². The summed E-state index contributed by atoms with van der Waals surface area (Å²) in [4.78, 5) is 0. The molecule has 1 unspecified atom stereocenters. The molecule has 0 aromatic rings. The Morgan fingerprint density at radius 2 is 2.00 bits per heavy atom. The van der Waals surface area contributed by atoms with Crippen LogP contribution < -0.4 is 5.32 Å². The van der Waals surface area contributed by atoms with Gasteiger partial charge in [-0.15, -0.1) is 11.8 Å². The fraction of sp³-hybridized carbons (Fsp3) is 0.833. The van der Waals surface area contributed by atoms with Crippen LogP contribution in [0.15, 0.2) is 0 Å². The van der Waals surface area contributed by atoms with Crippen molar-refractivity contribution in [3.05, 3.63) is 0 Å². The van der Waals surface area contributed by atoms with Gasteiger partial charge in [0.15, 0.2) is 0 Å². The molecule has 0 spiro atoms. The van der Waals surface area contributed by atoms with Crippen LogP contribution >= 0.6 is 0 Å². The highest BCUT2D eigenvalue weighted by Crippen LogP contribution is 2.22. The van der Waals surface area contributed by atoms with Crippen LogP contribution in [0.1, 0.15) is 26.7 Å². The van der Waals surface area contributed by atoms with Gasteiger partial charge >= 0.3 is 12.3 Å². The number of ether oxygens (including phenoxy) is 1. The lowest BCUT2D eigenvalue weighted by molar-refractivity contribution is -0.166. The summed E-state index contributed by atoms with van der Waals surface area (Å²) < 4.78 is 53.6. The van der Waals surface area contributed by atoms with Gasteiger partial charge in [0.05, 0.1) is 6.61 Å². The van der Waals surface area contributed by atoms with E-state index in [9.17, 15) is 17.6 Å². The molecule has 2 nitrogen and oxygen atoms in total. The smallest absolute Gasteiger partial charge is 0.330 e. The zero-order valence-electron chi connectivity index (χ0n) is 10.6. The lowest BCUT2D eigenvalue weighted by Gasteiger charge is -2.19. The Kier molecular flexibility index (Phi) is 8.77. The van der Waals surface area contributed by atoms with E-state index in [1.54, 1.807) is 6.92 Å². The minimum Gasteiger partial charge on any atom is -0.373 e. The molecular formula is C12H19F4NO. The summed E-state index contributed by atoms with van der Waals surface area (Å²) in [6, 6.07) is -0.217. The van der Waals surface area contributed by atoms with Gasteiger partial charge in [-0.05, 0) is 19.9 Å². The SMILES string of the molecule is CC#CCC(COCC(F)(F)C(F)F)NCCC. The van der Waals surface area contributed by atoms with Gasteiger partial charge in [-0.1, -0.05) is 6.92 Å². The number of hydrogen-bond acceptors (Lipinski definition) is 2. The van der Waals surface area contributed by atoms with Gasteiger partial charge in [0, 0.05) is 12.5 Å². The van der Waals surface area contributed by atoms with Crippen molar-refractivity contribution in [1.29, 1.82) is 0 Å². The van der Waals surface area contributed by atoms with Crippen molar-refractivity contribution in [3.63, 3.8) is 0 Å². The molecule has 6 heteroatoms. The molecule has 0 aliphatic heterocycles. The average molecular weight is 269 g/mol. The highest BCUT2D eigenvalue weighted by molar-refractivity contribution is 4.98. The van der Waals surface area contributed by atoms with Gasteiger partial charge in [0.25, 0.3) is 0 Å². The molecule has 0 rings (SSSR count). The third-order valence-corrected chi connectivity index (χ3v) is 2.14. The summed E-state index contributed by atoms with van der Waals surface area (Å²) in [6.07, 6.45) is -2.38. The van der Waals surface area contributed by atoms with E-state index in [1.807, 2.05) is 6.92 Å². The lowest BCUT2D eigenvalue weighted by atomic mass is 10.2. The van der Waals surface area contributed by atoms with Crippen molar-refractivity contribution >= 4 is 0 Å². The first-order valence-corrected chi connectivity index (χ1v) is 5.80. The Hall–Kier alpha value is -0.800. The minimum absolute atomic E-state index is 0.0585. The molecule has 0 aromatic heterocycles. The van der Waals surface area contributed by atoms with Gasteiger partial charge in [-0.25, -0.2) is 8.78 Å². The minimum atomic E-state index is -4.09. The van der Waals surface area contributed by atoms with Gasteiger partial charge in [0.2, 0.25) is 0 Å². The van der Waals surface area contributed by atoms with E-state index in [1.165, 1.54) is 0 Å². The van der Waals surface area contributed by atoms with Crippen molar-refractivity contribution in [2.45, 2.75) is 45.1 Å². The summed E-state index contributed by atoms with van der Waals surface area (Å²) in [5.41, 5.74) is 0. The van der Waals surface area contributed by atoms with E-state index in [4.69, 9.17) is 0 Å². The van der Waals surface area contributed by atoms with Crippen LogP contribution in [0.2, 0.25) is 0 Å². The third kappa shape index (κ3) is 7.51. The van der Waals surface area contributed by atoms with E-state index < -0.39 is 19.0 Å². The van der Waals surface area contributed by atoms with Crippen molar-refractivity contribution in [1.82, 2.24) is 5.32 Å². The average Bonchev–Trinajstić information content (AvgIpc) is 2.31. The fourth-order valence-electron chi connectivity index (χ4n) is 1.16. The van der Waals surface area contributed by atoms with Crippen molar-refractivity contribution in [2.24, 2.45) is 0 Å². The molecule has 0 saturated heterocycles. The summed E-state index contributed by atoms with van der Waals surface area (Å²) in [5.74, 6) is 1.39. The molecule has 0 aliphatic rings. The van der Waals surface area contributed by atoms with Crippen LogP contribution in [-0.2, 0) is 4.74 Å². The molecule has 0 amide bonds. The topological polar surface area (TPSA) is 21.3 Å². The Morgan fingerprint density at radius 1 is 1.33 bits per heavy atom. The fourth-order valence-corrected chi connectivity index (χ4v) is 1.16. The molecule has 18 heavy (non-hydrogen) atoms. The van der Waals surface area contributed by atoms with Crippen LogP contribution in [0, 0.1) is 11.8 Å². The number of rotatable bonds is 9. The van der Waals surface area contributed by atoms with Crippen LogP contribution in [0.5, 0.6) is 0 Å². The first-order valence-electron chi connectivity index (χ1n) is 5.80. The molecule has 0 bridgehead atoms. The molecule has 0 aromatic carbocycles. The van der Waals surface area contributed by atoms with E-state index in [0.717, 1.165) is 6.42 Å². The maximum Gasteiger partial charge on any atom is 0.330 e. The highest BCUT2D eigenvalue weighted by Gasteiger charge is 2.41. The molecular weight excluding hydrogens is 250 g/mol. The van der Waals surface area contributed by atoms with E-state index in [-0.39, 0.29) is 12.6 Å². The Labute approximate surface area is 105 Å². The highest BCUT2D eigenvalue weighted by atomic mass is 19.3. The Bertz CT molecular complexity index is 273. The van der Waals surface area contributed by atoms with Crippen LogP contribution in [-0.4, -0.2) is 38.1 Å². The second-order valence-corrected chi connectivity index (χ2v) is 3.86. The zero-order valence-corrected chi connectivity index (χ0v) is 10.6. The Morgan fingerprint density at radius 3 is 2.50 bits per heavy atom. The Balaban J connectivity index is 4.04. The second kappa shape index (κ2) is 9.17. The van der Waals surface area contributed by atoms with Crippen molar-refractivity contribution < 1.29 is 22.3 Å². The zero-order chi connectivity index (χ0) is 14.0. The van der Waals surface area contributed by atoms with Gasteiger partial charge in [-0.2, -0.15) is 8.78 Å². The lowest BCUT2D eigenvalue weighted by Crippen LogP contribution is -2.38. The standard InChI is InChI=1S/C12H19F4NO/c1-3-5-6-10(17-7-4-2)8-18-9-12(15,16)11(13)14/h10-11,17H,4,6-9H2,1-2H3. The summed E-state index contributed by atoms with van der Waals surface area (Å²) in [7, 11) is 0. The number of hydrogen-bond donors (Lipinski definition) is 1. The molecule has 106 valence electrons. The first kappa shape index (κ1) is 17.2. The summed E-state index contributed by atoms with van der Waals surface area (Å²) in [6.45, 7) is 3.00. The van der Waals surface area contributed by atoms with Crippen LogP contribution in [0.3, 0.4) is 0 Å². The van der Waals surface area contributed by atoms with E-state index in [0.29, 0.717) is 13.0 Å². The first-order chi connectivity index (χ1) is 8.44. The maximum atomic E-state index is 12.6. The van der Waals surface area contributed by atoms with Crippen molar-refractivity contribution in [3.8, 4) is 11.8 Å². The van der Waals surface area contributed by atoms with Crippen LogP contribution in [0.4, 0.5) is 17.6 Å². The third-order valence-electron chi connectivity index (χ3n) is 2.14. The molecule has 0 aliphatic carbocycles. The van der Waals surface area contributed by atoms with Gasteiger partial charge < -0.3 is 10.1 Å². The molecule has 0 saturated carbocycles. The number of halogens is 4. The molecule has 1 N–H and O–H groups in total. The predicted octanol–water partition coefficient (Wildman–Crippen LogP) is 2.69. The van der Waals surface area contributed by atoms with Crippen molar-refractivity contribution in [2.75, 3.05) is 19.8 Å². The van der Waals surface area contributed by atoms with E-state index >= 15 is 0 Å². The van der Waals surface area contributed by atoms with Gasteiger partial charge in [0.1, 0.15) is 6.61 Å². The van der Waals surface area contributed by atoms with Gasteiger partial charge in [-0.3, -0.25) is 0 Å². The normalized spacial score (nSPS) is 13.3. The molecule has 1 atom stereocenters. The maximum absolute atomic E-state index is 12.6. The predicted molar refractivity (Wildman–Crippen MR) is 61.9 cm³/mol. The summed E-state index contributed by atoms with van der Waals surface area (Å²) >= 11 is 0. The number of alkyl halides is 4. The molecule has 0 fully saturated rings. The summed E-state index contributed by atoms with van der Waals surface area (Å²) in [5, 5.41) is 3.06. The monoisotopic (exact) mass is 269 g/mol. The largest absolute Gasteiger partial charge is 0.373 e. The van der Waals surface area contributed by atoms with E-state index in [2.05, 4.69) is 21.9 Å². The molecule has 0 radical (unpaired) electrons. The number of nitrogens with one attached hydrogen (secondary N) is 1. The quantitative estimate of drug-likeness (QED) is 0.513. The second-order valence-electron chi connectivity index (χ2n) is 3.86. The molecule has 0 heterocycles.